The largest absolute Gasteiger partial charge is 0.310 e. The number of benzene rings is 2. The first-order valence-corrected chi connectivity index (χ1v) is 11.8. The van der Waals surface area contributed by atoms with Gasteiger partial charge in [-0.05, 0) is 30.3 Å². The summed E-state index contributed by atoms with van der Waals surface area (Å²) in [6.07, 6.45) is 1.52. The third kappa shape index (κ3) is 4.51. The van der Waals surface area contributed by atoms with Gasteiger partial charge in [-0.25, -0.2) is 17.2 Å². The van der Waals surface area contributed by atoms with Gasteiger partial charge in [-0.15, -0.1) is 6.58 Å². The van der Waals surface area contributed by atoms with Crippen LogP contribution in [0.4, 0.5) is 8.78 Å². The number of carbonyl (C=O) groups excluding carboxylic acids is 1. The Balaban J connectivity index is 2.03. The number of rotatable bonds is 7. The van der Waals surface area contributed by atoms with Crippen LogP contribution in [0.2, 0.25) is 0 Å². The second-order valence-electron chi connectivity index (χ2n) is 6.55. The normalized spacial score (nSPS) is 12.6. The summed E-state index contributed by atoms with van der Waals surface area (Å²) in [6.45, 7) is 7.97. The summed E-state index contributed by atoms with van der Waals surface area (Å²) < 4.78 is 56.1. The Kier molecular flexibility index (Phi) is 6.83. The van der Waals surface area contributed by atoms with E-state index in [-0.39, 0.29) is 27.3 Å². The van der Waals surface area contributed by atoms with Crippen molar-refractivity contribution in [3.63, 3.8) is 0 Å². The molecule has 1 heterocycles. The maximum absolute atomic E-state index is 14.3. The number of carbonyl (C=O) groups is 1. The average Bonchev–Trinajstić information content (AvgIpc) is 3.06. The minimum atomic E-state index is -3.64. The number of nitrogens with zero attached hydrogens (tertiary/aromatic N) is 3. The van der Waals surface area contributed by atoms with Gasteiger partial charge in [-0.2, -0.15) is 9.30 Å². The topological polar surface area (TPSA) is 71.7 Å². The molecular formula is C21H21F2N3O3S2. The van der Waals surface area contributed by atoms with Gasteiger partial charge in [-0.3, -0.25) is 4.79 Å². The number of hydrogen-bond donors (Lipinski definition) is 0. The number of aromatic nitrogens is 1. The van der Waals surface area contributed by atoms with Gasteiger partial charge in [0, 0.05) is 31.3 Å². The van der Waals surface area contributed by atoms with Gasteiger partial charge in [0.05, 0.1) is 15.1 Å². The highest BCUT2D eigenvalue weighted by molar-refractivity contribution is 7.89. The van der Waals surface area contributed by atoms with Crippen LogP contribution in [0.5, 0.6) is 0 Å². The molecule has 164 valence electrons. The Morgan fingerprint density at radius 1 is 1.19 bits per heavy atom. The lowest BCUT2D eigenvalue weighted by molar-refractivity contribution is 0.0997. The van der Waals surface area contributed by atoms with Crippen LogP contribution in [0, 0.1) is 11.6 Å². The minimum absolute atomic E-state index is 0.0777. The summed E-state index contributed by atoms with van der Waals surface area (Å²) in [5.41, 5.74) is 0.311. The summed E-state index contributed by atoms with van der Waals surface area (Å²) in [6, 6.07) is 7.43. The van der Waals surface area contributed by atoms with Gasteiger partial charge in [0.15, 0.2) is 10.6 Å². The van der Waals surface area contributed by atoms with Crippen molar-refractivity contribution in [2.75, 3.05) is 13.1 Å². The van der Waals surface area contributed by atoms with E-state index in [0.717, 1.165) is 17.4 Å². The van der Waals surface area contributed by atoms with Crippen molar-refractivity contribution in [3.05, 3.63) is 71.1 Å². The van der Waals surface area contributed by atoms with Gasteiger partial charge >= 0.3 is 0 Å². The Morgan fingerprint density at radius 3 is 2.42 bits per heavy atom. The molecule has 0 unspecified atom stereocenters. The Hall–Kier alpha value is -2.69. The molecule has 0 radical (unpaired) electrons. The predicted molar refractivity (Wildman–Crippen MR) is 116 cm³/mol. The first kappa shape index (κ1) is 23.0. The first-order chi connectivity index (χ1) is 14.7. The summed E-state index contributed by atoms with van der Waals surface area (Å²) in [5.74, 6) is -2.11. The van der Waals surface area contributed by atoms with E-state index in [2.05, 4.69) is 11.6 Å². The van der Waals surface area contributed by atoms with E-state index in [4.69, 9.17) is 0 Å². The predicted octanol–water partition coefficient (Wildman–Crippen LogP) is 3.94. The third-order valence-corrected chi connectivity index (χ3v) is 7.74. The molecule has 3 rings (SSSR count). The maximum atomic E-state index is 14.3. The molecule has 1 amide bonds. The van der Waals surface area contributed by atoms with Crippen molar-refractivity contribution < 1.29 is 22.0 Å². The van der Waals surface area contributed by atoms with Crippen LogP contribution in [0.25, 0.3) is 10.2 Å². The fourth-order valence-corrected chi connectivity index (χ4v) is 5.68. The lowest BCUT2D eigenvalue weighted by atomic mass is 10.2. The maximum Gasteiger partial charge on any atom is 0.279 e. The minimum Gasteiger partial charge on any atom is -0.310 e. The number of halogens is 2. The van der Waals surface area contributed by atoms with E-state index < -0.39 is 27.6 Å². The van der Waals surface area contributed by atoms with Gasteiger partial charge in [0.2, 0.25) is 10.0 Å². The molecule has 0 N–H and O–H groups in total. The van der Waals surface area contributed by atoms with Gasteiger partial charge < -0.3 is 4.57 Å². The fraction of sp³-hybridized carbons (Fsp3) is 0.238. The number of thiazole rings is 1. The summed E-state index contributed by atoms with van der Waals surface area (Å²) in [4.78, 5) is 17.0. The van der Waals surface area contributed by atoms with Crippen molar-refractivity contribution in [2.45, 2.75) is 25.3 Å². The smallest absolute Gasteiger partial charge is 0.279 e. The molecule has 0 aliphatic heterocycles. The monoisotopic (exact) mass is 465 g/mol. The van der Waals surface area contributed by atoms with Crippen LogP contribution in [0.1, 0.15) is 24.2 Å². The second-order valence-corrected chi connectivity index (χ2v) is 9.50. The fourth-order valence-electron chi connectivity index (χ4n) is 3.15. The van der Waals surface area contributed by atoms with Crippen molar-refractivity contribution in [1.29, 1.82) is 0 Å². The van der Waals surface area contributed by atoms with Crippen LogP contribution in [0.3, 0.4) is 0 Å². The lowest BCUT2D eigenvalue weighted by Gasteiger charge is -2.18. The quantitative estimate of drug-likeness (QED) is 0.496. The zero-order valence-electron chi connectivity index (χ0n) is 17.0. The molecule has 31 heavy (non-hydrogen) atoms. The molecule has 0 saturated heterocycles. The Morgan fingerprint density at radius 2 is 1.84 bits per heavy atom. The number of allylic oxidation sites excluding steroid dienone is 1. The van der Waals surface area contributed by atoms with Gasteiger partial charge in [-0.1, -0.05) is 31.3 Å². The van der Waals surface area contributed by atoms with Crippen LogP contribution in [-0.2, 0) is 16.6 Å². The highest BCUT2D eigenvalue weighted by atomic mass is 32.2. The average molecular weight is 466 g/mol. The highest BCUT2D eigenvalue weighted by Gasteiger charge is 2.21. The molecule has 0 fully saturated rings. The van der Waals surface area contributed by atoms with Crippen molar-refractivity contribution in [2.24, 2.45) is 4.99 Å². The number of sulfonamides is 1. The SMILES string of the molecule is C=CCn1c(=NC(=O)c2ccc(S(=O)(=O)N(CC)CC)cc2)sc2cc(F)cc(F)c21. The molecule has 0 spiro atoms. The zero-order valence-corrected chi connectivity index (χ0v) is 18.6. The van der Waals surface area contributed by atoms with Crippen molar-refractivity contribution >= 4 is 37.5 Å². The molecule has 3 aromatic rings. The number of fused-ring (bicyclic) bond motifs is 1. The molecular weight excluding hydrogens is 444 g/mol. The van der Waals surface area contributed by atoms with Gasteiger partial charge in [0.25, 0.3) is 5.91 Å². The van der Waals surface area contributed by atoms with E-state index in [1.807, 2.05) is 0 Å². The van der Waals surface area contributed by atoms with E-state index in [1.54, 1.807) is 13.8 Å². The second kappa shape index (κ2) is 9.21. The number of amides is 1. The van der Waals surface area contributed by atoms with Crippen molar-refractivity contribution in [1.82, 2.24) is 8.87 Å². The zero-order chi connectivity index (χ0) is 22.8. The van der Waals surface area contributed by atoms with Crippen LogP contribution in [0.15, 0.2) is 58.9 Å². The lowest BCUT2D eigenvalue weighted by Crippen LogP contribution is -2.30. The van der Waals surface area contributed by atoms with E-state index in [0.29, 0.717) is 17.8 Å². The molecule has 0 bridgehead atoms. The highest BCUT2D eigenvalue weighted by Crippen LogP contribution is 2.23. The summed E-state index contributed by atoms with van der Waals surface area (Å²) in [7, 11) is -3.64. The molecule has 0 aliphatic carbocycles. The van der Waals surface area contributed by atoms with Crippen LogP contribution < -0.4 is 4.80 Å². The molecule has 0 aliphatic rings. The van der Waals surface area contributed by atoms with E-state index in [9.17, 15) is 22.0 Å². The Bertz CT molecular complexity index is 1310. The Labute approximate surface area is 182 Å². The molecule has 1 aromatic heterocycles. The molecule has 0 saturated carbocycles. The summed E-state index contributed by atoms with van der Waals surface area (Å²) in [5, 5.41) is 0. The van der Waals surface area contributed by atoms with Crippen LogP contribution >= 0.6 is 11.3 Å². The molecule has 0 atom stereocenters. The molecule has 2 aromatic carbocycles. The first-order valence-electron chi connectivity index (χ1n) is 9.51. The standard InChI is InChI=1S/C21H21F2N3O3S2/c1-4-11-26-19-17(23)12-15(22)13-18(19)30-21(26)24-20(27)14-7-9-16(10-8-14)31(28,29)25(5-2)6-3/h4,7-10,12-13H,1,5-6,11H2,2-3H3. The van der Waals surface area contributed by atoms with Crippen molar-refractivity contribution in [3.8, 4) is 0 Å². The van der Waals surface area contributed by atoms with Gasteiger partial charge in [0.1, 0.15) is 5.82 Å². The van der Waals surface area contributed by atoms with E-state index >= 15 is 0 Å². The third-order valence-electron chi connectivity index (χ3n) is 4.65. The molecule has 10 heteroatoms. The number of hydrogen-bond acceptors (Lipinski definition) is 4. The summed E-state index contributed by atoms with van der Waals surface area (Å²) >= 11 is 0.978. The molecule has 6 nitrogen and oxygen atoms in total. The van der Waals surface area contributed by atoms with Crippen LogP contribution in [-0.4, -0.2) is 36.3 Å². The van der Waals surface area contributed by atoms with E-state index in [1.165, 1.54) is 45.3 Å².